The highest BCUT2D eigenvalue weighted by atomic mass is 14.9. The largest absolute Gasteiger partial charge is 0.314 e. The SMILES string of the molecule is C.CC.CC.CC1CCCN1. The number of nitrogens with one attached hydrogen (secondary N) is 1. The molecule has 72 valence electrons. The van der Waals surface area contributed by atoms with Crippen molar-refractivity contribution in [3.05, 3.63) is 0 Å². The Labute approximate surface area is 73.6 Å². The predicted molar refractivity (Wildman–Crippen MR) is 56.1 cm³/mol. The Kier molecular flexibility index (Phi) is 25.7. The van der Waals surface area contributed by atoms with Crippen molar-refractivity contribution in [2.75, 3.05) is 6.54 Å². The van der Waals surface area contributed by atoms with Crippen molar-refractivity contribution < 1.29 is 0 Å². The van der Waals surface area contributed by atoms with Gasteiger partial charge in [-0.3, -0.25) is 0 Å². The molecule has 11 heavy (non-hydrogen) atoms. The normalized spacial score (nSPS) is 19.9. The summed E-state index contributed by atoms with van der Waals surface area (Å²) in [5.74, 6) is 0. The summed E-state index contributed by atoms with van der Waals surface area (Å²) in [5, 5.41) is 3.32. The molecule has 1 aliphatic heterocycles. The highest BCUT2D eigenvalue weighted by Crippen LogP contribution is 2.01. The molecule has 1 aliphatic rings. The molecule has 1 rings (SSSR count). The molecular formula is C10H27N. The Bertz CT molecular complexity index is 38.1. The molecule has 1 saturated heterocycles. The van der Waals surface area contributed by atoms with Crippen molar-refractivity contribution in [3.63, 3.8) is 0 Å². The highest BCUT2D eigenvalue weighted by molar-refractivity contribution is 4.67. The molecule has 1 N–H and O–H groups in total. The molecule has 0 aromatic rings. The summed E-state index contributed by atoms with van der Waals surface area (Å²) in [6, 6.07) is 0.796. The molecule has 1 unspecified atom stereocenters. The maximum absolute atomic E-state index is 3.32. The van der Waals surface area contributed by atoms with Gasteiger partial charge in [0.1, 0.15) is 0 Å². The average Bonchev–Trinajstić information content (AvgIpc) is 2.48. The fraction of sp³-hybridized carbons (Fsp3) is 1.00. The lowest BCUT2D eigenvalue weighted by Crippen LogP contribution is -2.16. The molecule has 0 bridgehead atoms. The Morgan fingerprint density at radius 3 is 1.64 bits per heavy atom. The molecular weight excluding hydrogens is 134 g/mol. The van der Waals surface area contributed by atoms with Gasteiger partial charge in [0.25, 0.3) is 0 Å². The van der Waals surface area contributed by atoms with Crippen LogP contribution in [0.5, 0.6) is 0 Å². The Morgan fingerprint density at radius 1 is 1.09 bits per heavy atom. The van der Waals surface area contributed by atoms with Gasteiger partial charge in [0.15, 0.2) is 0 Å². The number of hydrogen-bond acceptors (Lipinski definition) is 1. The maximum atomic E-state index is 3.32. The Hall–Kier alpha value is -0.0400. The van der Waals surface area contributed by atoms with Crippen molar-refractivity contribution >= 4 is 0 Å². The van der Waals surface area contributed by atoms with Crippen LogP contribution in [-0.2, 0) is 0 Å². The second-order valence-electron chi connectivity index (χ2n) is 2.00. The van der Waals surface area contributed by atoms with Gasteiger partial charge in [0.05, 0.1) is 0 Å². The number of rotatable bonds is 0. The van der Waals surface area contributed by atoms with E-state index in [1.54, 1.807) is 0 Å². The molecule has 1 atom stereocenters. The van der Waals surface area contributed by atoms with E-state index in [1.807, 2.05) is 27.7 Å². The number of hydrogen-bond donors (Lipinski definition) is 1. The van der Waals surface area contributed by atoms with Gasteiger partial charge < -0.3 is 5.32 Å². The zero-order chi connectivity index (χ0) is 8.41. The summed E-state index contributed by atoms with van der Waals surface area (Å²) >= 11 is 0. The first-order valence-corrected chi connectivity index (χ1v) is 4.63. The van der Waals surface area contributed by atoms with Crippen LogP contribution < -0.4 is 5.32 Å². The molecule has 0 aliphatic carbocycles. The second-order valence-corrected chi connectivity index (χ2v) is 2.00. The monoisotopic (exact) mass is 161 g/mol. The first kappa shape index (κ1) is 17.2. The van der Waals surface area contributed by atoms with Crippen LogP contribution in [0.25, 0.3) is 0 Å². The van der Waals surface area contributed by atoms with E-state index in [0.717, 1.165) is 6.04 Å². The first-order chi connectivity index (χ1) is 4.89. The Balaban J connectivity index is -0.000000114. The maximum Gasteiger partial charge on any atom is 0.00391 e. The van der Waals surface area contributed by atoms with Crippen molar-refractivity contribution in [1.29, 1.82) is 0 Å². The van der Waals surface area contributed by atoms with Gasteiger partial charge in [-0.1, -0.05) is 35.1 Å². The summed E-state index contributed by atoms with van der Waals surface area (Å²) in [6.07, 6.45) is 2.75. The van der Waals surface area contributed by atoms with Crippen molar-refractivity contribution in [2.45, 2.75) is 60.9 Å². The summed E-state index contributed by atoms with van der Waals surface area (Å²) in [4.78, 5) is 0. The lowest BCUT2D eigenvalue weighted by molar-refractivity contribution is 0.664. The van der Waals surface area contributed by atoms with Gasteiger partial charge in [0.2, 0.25) is 0 Å². The van der Waals surface area contributed by atoms with Crippen LogP contribution in [-0.4, -0.2) is 12.6 Å². The minimum absolute atomic E-state index is 0. The standard InChI is InChI=1S/C5H11N.2C2H6.CH4/c1-5-3-2-4-6-5;2*1-2;/h5-6H,2-4H2,1H3;2*1-2H3;1H4. The van der Waals surface area contributed by atoms with Crippen LogP contribution in [0.3, 0.4) is 0 Å². The molecule has 1 heteroatoms. The van der Waals surface area contributed by atoms with E-state index in [-0.39, 0.29) is 7.43 Å². The summed E-state index contributed by atoms with van der Waals surface area (Å²) in [5.41, 5.74) is 0. The van der Waals surface area contributed by atoms with Crippen molar-refractivity contribution in [1.82, 2.24) is 5.32 Å². The third kappa shape index (κ3) is 13.0. The molecule has 0 aromatic heterocycles. The third-order valence-corrected chi connectivity index (χ3v) is 1.31. The smallest absolute Gasteiger partial charge is 0.00391 e. The van der Waals surface area contributed by atoms with Crippen LogP contribution in [0.2, 0.25) is 0 Å². The minimum atomic E-state index is 0. The van der Waals surface area contributed by atoms with Crippen LogP contribution in [0.1, 0.15) is 54.9 Å². The average molecular weight is 161 g/mol. The molecule has 1 nitrogen and oxygen atoms in total. The van der Waals surface area contributed by atoms with E-state index < -0.39 is 0 Å². The van der Waals surface area contributed by atoms with E-state index in [9.17, 15) is 0 Å². The van der Waals surface area contributed by atoms with Crippen LogP contribution in [0, 0.1) is 0 Å². The Morgan fingerprint density at radius 2 is 1.55 bits per heavy atom. The lowest BCUT2D eigenvalue weighted by atomic mass is 10.3. The molecule has 0 saturated carbocycles. The van der Waals surface area contributed by atoms with Crippen LogP contribution in [0.4, 0.5) is 0 Å². The van der Waals surface area contributed by atoms with E-state index >= 15 is 0 Å². The van der Waals surface area contributed by atoms with E-state index in [0.29, 0.717) is 0 Å². The molecule has 0 spiro atoms. The van der Waals surface area contributed by atoms with E-state index in [1.165, 1.54) is 19.4 Å². The van der Waals surface area contributed by atoms with Gasteiger partial charge in [-0.15, -0.1) is 0 Å². The minimum Gasteiger partial charge on any atom is -0.314 e. The molecule has 0 aromatic carbocycles. The molecule has 0 radical (unpaired) electrons. The predicted octanol–water partition coefficient (Wildman–Crippen LogP) is 3.45. The summed E-state index contributed by atoms with van der Waals surface area (Å²) in [7, 11) is 0. The molecule has 1 fully saturated rings. The highest BCUT2D eigenvalue weighted by Gasteiger charge is 2.05. The van der Waals surface area contributed by atoms with Gasteiger partial charge in [-0.25, -0.2) is 0 Å². The van der Waals surface area contributed by atoms with Gasteiger partial charge >= 0.3 is 0 Å². The van der Waals surface area contributed by atoms with Gasteiger partial charge in [-0.2, -0.15) is 0 Å². The zero-order valence-electron chi connectivity index (χ0n) is 8.20. The molecule has 0 amide bonds. The fourth-order valence-electron chi connectivity index (χ4n) is 0.859. The topological polar surface area (TPSA) is 12.0 Å². The van der Waals surface area contributed by atoms with Crippen molar-refractivity contribution in [2.24, 2.45) is 0 Å². The van der Waals surface area contributed by atoms with Gasteiger partial charge in [0, 0.05) is 6.04 Å². The first-order valence-electron chi connectivity index (χ1n) is 4.63. The van der Waals surface area contributed by atoms with Crippen LogP contribution in [0.15, 0.2) is 0 Å². The fourth-order valence-corrected chi connectivity index (χ4v) is 0.859. The van der Waals surface area contributed by atoms with Gasteiger partial charge in [-0.05, 0) is 26.3 Å². The van der Waals surface area contributed by atoms with E-state index in [2.05, 4.69) is 12.2 Å². The summed E-state index contributed by atoms with van der Waals surface area (Å²) in [6.45, 7) is 11.5. The third-order valence-electron chi connectivity index (χ3n) is 1.31. The van der Waals surface area contributed by atoms with Crippen LogP contribution >= 0.6 is 0 Å². The van der Waals surface area contributed by atoms with E-state index in [4.69, 9.17) is 0 Å². The quantitative estimate of drug-likeness (QED) is 0.574. The lowest BCUT2D eigenvalue weighted by Gasteiger charge is -1.95. The summed E-state index contributed by atoms with van der Waals surface area (Å²) < 4.78 is 0. The molecule has 1 heterocycles. The second kappa shape index (κ2) is 16.5. The van der Waals surface area contributed by atoms with Crippen molar-refractivity contribution in [3.8, 4) is 0 Å². The zero-order valence-corrected chi connectivity index (χ0v) is 8.20.